The van der Waals surface area contributed by atoms with Gasteiger partial charge in [0.25, 0.3) is 5.91 Å². The molecule has 0 radical (unpaired) electrons. The van der Waals surface area contributed by atoms with Crippen LogP contribution >= 0.6 is 11.8 Å². The summed E-state index contributed by atoms with van der Waals surface area (Å²) in [6.07, 6.45) is 5.18. The van der Waals surface area contributed by atoms with Crippen molar-refractivity contribution < 1.29 is 27.5 Å². The first-order valence-corrected chi connectivity index (χ1v) is 8.47. The highest BCUT2D eigenvalue weighted by atomic mass is 32.2. The number of benzene rings is 1. The standard InChI is InChI=1S/C16H18F3NO3S/c17-16(18,19)24-13-8-6-11(7-9-13)15(22)23-10-14(21)20-12-4-2-1-3-5-12/h6-9,12H,1-5,10H2,(H,20,21). The van der Waals surface area contributed by atoms with E-state index in [0.29, 0.717) is 0 Å². The average molecular weight is 361 g/mol. The minimum absolute atomic E-state index is 0.0194. The van der Waals surface area contributed by atoms with Crippen LogP contribution in [0.25, 0.3) is 0 Å². The molecule has 1 amide bonds. The Labute approximate surface area is 142 Å². The Kier molecular flexibility index (Phi) is 6.53. The normalized spacial score (nSPS) is 15.8. The van der Waals surface area contributed by atoms with Gasteiger partial charge in [0.15, 0.2) is 6.61 Å². The lowest BCUT2D eigenvalue weighted by Crippen LogP contribution is -2.38. The maximum absolute atomic E-state index is 12.2. The topological polar surface area (TPSA) is 55.4 Å². The molecule has 2 rings (SSSR count). The molecule has 132 valence electrons. The highest BCUT2D eigenvalue weighted by Crippen LogP contribution is 2.36. The van der Waals surface area contributed by atoms with Gasteiger partial charge in [-0.2, -0.15) is 13.2 Å². The van der Waals surface area contributed by atoms with E-state index in [1.807, 2.05) is 0 Å². The summed E-state index contributed by atoms with van der Waals surface area (Å²) in [6.45, 7) is -0.394. The van der Waals surface area contributed by atoms with Gasteiger partial charge in [-0.1, -0.05) is 19.3 Å². The Balaban J connectivity index is 1.78. The third-order valence-corrected chi connectivity index (χ3v) is 4.37. The molecule has 0 heterocycles. The number of thioether (sulfide) groups is 1. The van der Waals surface area contributed by atoms with E-state index in [4.69, 9.17) is 4.74 Å². The largest absolute Gasteiger partial charge is 0.452 e. The minimum atomic E-state index is -4.38. The van der Waals surface area contributed by atoms with E-state index >= 15 is 0 Å². The molecule has 1 aromatic rings. The molecular weight excluding hydrogens is 343 g/mol. The van der Waals surface area contributed by atoms with E-state index in [0.717, 1.165) is 25.7 Å². The first-order valence-electron chi connectivity index (χ1n) is 7.66. The van der Waals surface area contributed by atoms with Crippen molar-refractivity contribution in [1.29, 1.82) is 0 Å². The van der Waals surface area contributed by atoms with Crippen LogP contribution < -0.4 is 5.32 Å². The molecule has 1 aliphatic carbocycles. The van der Waals surface area contributed by atoms with Gasteiger partial charge in [-0.25, -0.2) is 4.79 Å². The number of carbonyl (C=O) groups is 2. The summed E-state index contributed by atoms with van der Waals surface area (Å²) in [6, 6.07) is 5.00. The number of halogens is 3. The number of alkyl halides is 3. The van der Waals surface area contributed by atoms with Crippen LogP contribution in [0.5, 0.6) is 0 Å². The fourth-order valence-electron chi connectivity index (χ4n) is 2.52. The Morgan fingerprint density at radius 1 is 1.12 bits per heavy atom. The molecule has 0 saturated heterocycles. The predicted molar refractivity (Wildman–Crippen MR) is 83.7 cm³/mol. The SMILES string of the molecule is O=C(COC(=O)c1ccc(SC(F)(F)F)cc1)NC1CCCCC1. The zero-order chi connectivity index (χ0) is 17.6. The van der Waals surface area contributed by atoms with Crippen molar-refractivity contribution >= 4 is 23.6 Å². The van der Waals surface area contributed by atoms with E-state index in [1.54, 1.807) is 0 Å². The summed E-state index contributed by atoms with van der Waals surface area (Å²) in [5.41, 5.74) is -4.27. The molecule has 0 bridgehead atoms. The molecular formula is C16H18F3NO3S. The third-order valence-electron chi connectivity index (χ3n) is 3.63. The number of carbonyl (C=O) groups excluding carboxylic acids is 2. The highest BCUT2D eigenvalue weighted by Gasteiger charge is 2.29. The molecule has 0 spiro atoms. The number of rotatable bonds is 5. The quantitative estimate of drug-likeness (QED) is 0.638. The van der Waals surface area contributed by atoms with E-state index in [2.05, 4.69) is 5.32 Å². The second-order valence-electron chi connectivity index (χ2n) is 5.55. The van der Waals surface area contributed by atoms with Crippen molar-refractivity contribution in [2.45, 2.75) is 48.5 Å². The zero-order valence-corrected chi connectivity index (χ0v) is 13.7. The van der Waals surface area contributed by atoms with E-state index < -0.39 is 18.1 Å². The van der Waals surface area contributed by atoms with Crippen LogP contribution in [0, 0.1) is 0 Å². The number of ether oxygens (including phenoxy) is 1. The Hall–Kier alpha value is -1.70. The summed E-state index contributed by atoms with van der Waals surface area (Å²) in [5, 5.41) is 2.82. The van der Waals surface area contributed by atoms with Crippen molar-refractivity contribution in [3.63, 3.8) is 0 Å². The first-order chi connectivity index (χ1) is 11.3. The lowest BCUT2D eigenvalue weighted by molar-refractivity contribution is -0.125. The number of amides is 1. The van der Waals surface area contributed by atoms with Crippen LogP contribution in [0.15, 0.2) is 29.2 Å². The highest BCUT2D eigenvalue weighted by molar-refractivity contribution is 8.00. The molecule has 1 N–H and O–H groups in total. The van der Waals surface area contributed by atoms with Gasteiger partial charge in [0, 0.05) is 10.9 Å². The average Bonchev–Trinajstić information content (AvgIpc) is 2.53. The summed E-state index contributed by atoms with van der Waals surface area (Å²) >= 11 is -0.257. The fourth-order valence-corrected chi connectivity index (χ4v) is 3.06. The molecule has 0 atom stereocenters. The smallest absolute Gasteiger partial charge is 0.446 e. The molecule has 0 aliphatic heterocycles. The van der Waals surface area contributed by atoms with Crippen molar-refractivity contribution in [3.8, 4) is 0 Å². The molecule has 1 fully saturated rings. The molecule has 1 aromatic carbocycles. The fraction of sp³-hybridized carbons (Fsp3) is 0.500. The van der Waals surface area contributed by atoms with E-state index in [9.17, 15) is 22.8 Å². The van der Waals surface area contributed by atoms with E-state index in [1.165, 1.54) is 30.7 Å². The van der Waals surface area contributed by atoms with Gasteiger partial charge in [-0.3, -0.25) is 4.79 Å². The second-order valence-corrected chi connectivity index (χ2v) is 6.69. The monoisotopic (exact) mass is 361 g/mol. The van der Waals surface area contributed by atoms with Crippen molar-refractivity contribution in [1.82, 2.24) is 5.32 Å². The second kappa shape index (κ2) is 8.41. The summed E-state index contributed by atoms with van der Waals surface area (Å²) in [4.78, 5) is 23.5. The van der Waals surface area contributed by atoms with Crippen LogP contribution in [0.2, 0.25) is 0 Å². The van der Waals surface area contributed by atoms with Gasteiger partial charge in [0.1, 0.15) is 0 Å². The van der Waals surface area contributed by atoms with Gasteiger partial charge in [0.05, 0.1) is 5.56 Å². The number of hydrogen-bond donors (Lipinski definition) is 1. The summed E-state index contributed by atoms with van der Waals surface area (Å²) in [7, 11) is 0. The molecule has 1 saturated carbocycles. The van der Waals surface area contributed by atoms with Crippen molar-refractivity contribution in [2.75, 3.05) is 6.61 Å². The van der Waals surface area contributed by atoms with Crippen LogP contribution in [-0.2, 0) is 9.53 Å². The van der Waals surface area contributed by atoms with Crippen LogP contribution in [0.4, 0.5) is 13.2 Å². The maximum atomic E-state index is 12.2. The molecule has 4 nitrogen and oxygen atoms in total. The number of esters is 1. The van der Waals surface area contributed by atoms with Gasteiger partial charge < -0.3 is 10.1 Å². The number of nitrogens with one attached hydrogen (secondary N) is 1. The molecule has 1 aliphatic rings. The third kappa shape index (κ3) is 6.43. The first kappa shape index (κ1) is 18.6. The Bertz CT molecular complexity index is 569. The van der Waals surface area contributed by atoms with Crippen LogP contribution in [-0.4, -0.2) is 30.0 Å². The molecule has 0 aromatic heterocycles. The Morgan fingerprint density at radius 3 is 2.33 bits per heavy atom. The summed E-state index contributed by atoms with van der Waals surface area (Å²) < 4.78 is 41.6. The van der Waals surface area contributed by atoms with Crippen LogP contribution in [0.1, 0.15) is 42.5 Å². The lowest BCUT2D eigenvalue weighted by Gasteiger charge is -2.22. The predicted octanol–water partition coefficient (Wildman–Crippen LogP) is 3.90. The van der Waals surface area contributed by atoms with Gasteiger partial charge >= 0.3 is 11.5 Å². The van der Waals surface area contributed by atoms with Gasteiger partial charge in [0.2, 0.25) is 0 Å². The molecule has 0 unspecified atom stereocenters. The summed E-state index contributed by atoms with van der Waals surface area (Å²) in [5.74, 6) is -1.10. The Morgan fingerprint density at radius 2 is 1.75 bits per heavy atom. The van der Waals surface area contributed by atoms with Crippen molar-refractivity contribution in [2.24, 2.45) is 0 Å². The lowest BCUT2D eigenvalue weighted by atomic mass is 9.95. The number of hydrogen-bond acceptors (Lipinski definition) is 4. The minimum Gasteiger partial charge on any atom is -0.452 e. The zero-order valence-electron chi connectivity index (χ0n) is 12.9. The van der Waals surface area contributed by atoms with Gasteiger partial charge in [-0.15, -0.1) is 0 Å². The van der Waals surface area contributed by atoms with Crippen LogP contribution in [0.3, 0.4) is 0 Å². The van der Waals surface area contributed by atoms with Crippen molar-refractivity contribution in [3.05, 3.63) is 29.8 Å². The van der Waals surface area contributed by atoms with Gasteiger partial charge in [-0.05, 0) is 48.9 Å². The van der Waals surface area contributed by atoms with E-state index in [-0.39, 0.29) is 34.2 Å². The molecule has 24 heavy (non-hydrogen) atoms. The maximum Gasteiger partial charge on any atom is 0.446 e. The molecule has 8 heteroatoms.